The predicted octanol–water partition coefficient (Wildman–Crippen LogP) is 4.73. The molecule has 0 spiro atoms. The number of Topliss-reactive ketones (excluding diaryl/α,β-unsaturated/α-hetero) is 1. The fourth-order valence-corrected chi connectivity index (χ4v) is 4.39. The van der Waals surface area contributed by atoms with Crippen molar-refractivity contribution in [3.05, 3.63) is 95.6 Å². The van der Waals surface area contributed by atoms with Crippen LogP contribution in [0.25, 0.3) is 11.1 Å². The minimum absolute atomic E-state index is 0.0952. The average molecular weight is 567 g/mol. The van der Waals surface area contributed by atoms with Crippen molar-refractivity contribution in [2.45, 2.75) is 64.5 Å². The van der Waals surface area contributed by atoms with Crippen molar-refractivity contribution in [3.63, 3.8) is 0 Å². The normalized spacial score (nSPS) is 11.6. The van der Waals surface area contributed by atoms with E-state index in [-0.39, 0.29) is 49.3 Å². The number of hydrogen-bond acceptors (Lipinski definition) is 5. The van der Waals surface area contributed by atoms with E-state index in [4.69, 9.17) is 5.26 Å². The number of nitrogens with zero attached hydrogens (tertiary/aromatic N) is 1. The molecule has 0 fully saturated rings. The number of benzene rings is 3. The van der Waals surface area contributed by atoms with Gasteiger partial charge in [-0.2, -0.15) is 5.26 Å². The van der Waals surface area contributed by atoms with Gasteiger partial charge < -0.3 is 16.0 Å². The standard InChI is InChI=1S/C34H38N4O4/c1-34(2,3)38-32(41)22-29(37-31(40)19-16-24-9-5-4-6-10-24)30(39)13-8-20-36-33(42)28-12-7-11-27(21-28)26-17-14-25(23-35)15-18-26/h4-7,9-12,14-15,17-18,21,29H,8,13,16,19-20,22H2,1-3H3,(H,36,42)(H,37,40)(H,38,41)/t29-/m0/s1. The number of carbonyl (C=O) groups is 4. The summed E-state index contributed by atoms with van der Waals surface area (Å²) in [4.78, 5) is 51.1. The van der Waals surface area contributed by atoms with Crippen LogP contribution in [0.1, 0.15) is 67.9 Å². The molecule has 218 valence electrons. The van der Waals surface area contributed by atoms with Gasteiger partial charge in [-0.1, -0.05) is 54.6 Å². The topological polar surface area (TPSA) is 128 Å². The summed E-state index contributed by atoms with van der Waals surface area (Å²) < 4.78 is 0. The predicted molar refractivity (Wildman–Crippen MR) is 162 cm³/mol. The van der Waals surface area contributed by atoms with Crippen LogP contribution in [0.15, 0.2) is 78.9 Å². The third-order valence-electron chi connectivity index (χ3n) is 6.47. The van der Waals surface area contributed by atoms with Crippen LogP contribution in [-0.2, 0) is 20.8 Å². The summed E-state index contributed by atoms with van der Waals surface area (Å²) in [5, 5.41) is 17.4. The summed E-state index contributed by atoms with van der Waals surface area (Å²) in [5.41, 5.74) is 3.32. The molecular weight excluding hydrogens is 528 g/mol. The molecule has 1 atom stereocenters. The molecule has 3 aromatic carbocycles. The molecule has 0 saturated heterocycles. The highest BCUT2D eigenvalue weighted by Gasteiger charge is 2.25. The first-order valence-electron chi connectivity index (χ1n) is 14.1. The van der Waals surface area contributed by atoms with E-state index in [1.807, 2.05) is 69.3 Å². The second-order valence-electron chi connectivity index (χ2n) is 11.2. The number of hydrogen-bond donors (Lipinski definition) is 3. The summed E-state index contributed by atoms with van der Waals surface area (Å²) >= 11 is 0. The Kier molecular flexibility index (Phi) is 11.6. The molecule has 0 aliphatic carbocycles. The van der Waals surface area contributed by atoms with Gasteiger partial charge in [-0.25, -0.2) is 0 Å². The lowest BCUT2D eigenvalue weighted by molar-refractivity contribution is -0.131. The number of amides is 3. The van der Waals surface area contributed by atoms with E-state index < -0.39 is 11.6 Å². The first-order chi connectivity index (χ1) is 20.0. The third kappa shape index (κ3) is 10.7. The zero-order valence-electron chi connectivity index (χ0n) is 24.4. The highest BCUT2D eigenvalue weighted by Crippen LogP contribution is 2.21. The third-order valence-corrected chi connectivity index (χ3v) is 6.47. The summed E-state index contributed by atoms with van der Waals surface area (Å²) in [6, 6.07) is 25.0. The molecule has 0 aliphatic heterocycles. The molecule has 42 heavy (non-hydrogen) atoms. The number of ketones is 1. The van der Waals surface area contributed by atoms with Gasteiger partial charge in [-0.05, 0) is 74.6 Å². The lowest BCUT2D eigenvalue weighted by atomic mass is 10.0. The van der Waals surface area contributed by atoms with Gasteiger partial charge in [0.15, 0.2) is 5.78 Å². The van der Waals surface area contributed by atoms with Gasteiger partial charge in [-0.3, -0.25) is 19.2 Å². The maximum Gasteiger partial charge on any atom is 0.251 e. The van der Waals surface area contributed by atoms with E-state index in [9.17, 15) is 19.2 Å². The fraction of sp³-hybridized carbons (Fsp3) is 0.324. The van der Waals surface area contributed by atoms with Crippen LogP contribution in [0.2, 0.25) is 0 Å². The van der Waals surface area contributed by atoms with Gasteiger partial charge in [0.2, 0.25) is 11.8 Å². The van der Waals surface area contributed by atoms with E-state index in [0.717, 1.165) is 16.7 Å². The molecule has 0 aromatic heterocycles. The minimum Gasteiger partial charge on any atom is -0.352 e. The van der Waals surface area contributed by atoms with Crippen molar-refractivity contribution >= 4 is 23.5 Å². The molecule has 3 amide bonds. The molecule has 0 heterocycles. The zero-order valence-corrected chi connectivity index (χ0v) is 24.4. The molecule has 0 bridgehead atoms. The van der Waals surface area contributed by atoms with Gasteiger partial charge >= 0.3 is 0 Å². The van der Waals surface area contributed by atoms with E-state index in [2.05, 4.69) is 22.0 Å². The largest absolute Gasteiger partial charge is 0.352 e. The number of nitriles is 1. The quantitative estimate of drug-likeness (QED) is 0.258. The van der Waals surface area contributed by atoms with Crippen molar-refractivity contribution in [2.75, 3.05) is 6.54 Å². The van der Waals surface area contributed by atoms with E-state index >= 15 is 0 Å². The molecule has 0 radical (unpaired) electrons. The molecule has 0 aliphatic rings. The van der Waals surface area contributed by atoms with Crippen molar-refractivity contribution in [2.24, 2.45) is 0 Å². The lowest BCUT2D eigenvalue weighted by Gasteiger charge is -2.23. The Labute approximate surface area is 247 Å². The maximum atomic E-state index is 13.1. The maximum absolute atomic E-state index is 13.1. The molecule has 0 saturated carbocycles. The van der Waals surface area contributed by atoms with Gasteiger partial charge in [0.25, 0.3) is 5.91 Å². The Morgan fingerprint density at radius 1 is 0.833 bits per heavy atom. The molecule has 8 heteroatoms. The Morgan fingerprint density at radius 2 is 1.55 bits per heavy atom. The fourth-order valence-electron chi connectivity index (χ4n) is 4.39. The number of rotatable bonds is 13. The van der Waals surface area contributed by atoms with Gasteiger partial charge in [0.05, 0.1) is 24.1 Å². The Morgan fingerprint density at radius 3 is 2.21 bits per heavy atom. The summed E-state index contributed by atoms with van der Waals surface area (Å²) in [6.45, 7) is 5.81. The monoisotopic (exact) mass is 566 g/mol. The Balaban J connectivity index is 1.54. The molecule has 8 nitrogen and oxygen atoms in total. The van der Waals surface area contributed by atoms with Crippen LogP contribution in [0.3, 0.4) is 0 Å². The van der Waals surface area contributed by atoms with Crippen LogP contribution >= 0.6 is 0 Å². The summed E-state index contributed by atoms with van der Waals surface area (Å²) in [7, 11) is 0. The van der Waals surface area contributed by atoms with Gasteiger partial charge in [-0.15, -0.1) is 0 Å². The van der Waals surface area contributed by atoms with Crippen molar-refractivity contribution in [1.82, 2.24) is 16.0 Å². The van der Waals surface area contributed by atoms with Crippen molar-refractivity contribution < 1.29 is 19.2 Å². The second-order valence-corrected chi connectivity index (χ2v) is 11.2. The molecule has 0 unspecified atom stereocenters. The van der Waals surface area contributed by atoms with Crippen LogP contribution in [0.5, 0.6) is 0 Å². The minimum atomic E-state index is -0.949. The highest BCUT2D eigenvalue weighted by molar-refractivity contribution is 5.96. The number of carbonyl (C=O) groups excluding carboxylic acids is 4. The summed E-state index contributed by atoms with van der Waals surface area (Å²) in [5.74, 6) is -1.15. The molecule has 3 rings (SSSR count). The highest BCUT2D eigenvalue weighted by atomic mass is 16.2. The first kappa shape index (κ1) is 31.8. The lowest BCUT2D eigenvalue weighted by Crippen LogP contribution is -2.47. The molecule has 3 aromatic rings. The molecule has 3 N–H and O–H groups in total. The number of nitrogens with one attached hydrogen (secondary N) is 3. The van der Waals surface area contributed by atoms with Crippen LogP contribution < -0.4 is 16.0 Å². The van der Waals surface area contributed by atoms with E-state index in [0.29, 0.717) is 24.0 Å². The van der Waals surface area contributed by atoms with Crippen molar-refractivity contribution in [3.8, 4) is 17.2 Å². The van der Waals surface area contributed by atoms with Crippen LogP contribution in [0, 0.1) is 11.3 Å². The zero-order chi connectivity index (χ0) is 30.5. The SMILES string of the molecule is CC(C)(C)NC(=O)C[C@H](NC(=O)CCc1ccccc1)C(=O)CCCNC(=O)c1cccc(-c2ccc(C#N)cc2)c1. The number of aryl methyl sites for hydroxylation is 1. The van der Waals surface area contributed by atoms with Gasteiger partial charge in [0.1, 0.15) is 0 Å². The van der Waals surface area contributed by atoms with E-state index in [1.165, 1.54) is 0 Å². The Hall–Kier alpha value is -4.77. The van der Waals surface area contributed by atoms with Crippen molar-refractivity contribution in [1.29, 1.82) is 5.26 Å². The van der Waals surface area contributed by atoms with Gasteiger partial charge in [0, 0.05) is 30.5 Å². The summed E-state index contributed by atoms with van der Waals surface area (Å²) in [6.07, 6.45) is 1.03. The average Bonchev–Trinajstić information content (AvgIpc) is 2.97. The van der Waals surface area contributed by atoms with Crippen LogP contribution in [-0.4, -0.2) is 41.6 Å². The van der Waals surface area contributed by atoms with Crippen LogP contribution in [0.4, 0.5) is 0 Å². The Bertz CT molecular complexity index is 1420. The smallest absolute Gasteiger partial charge is 0.251 e. The molecular formula is C34H38N4O4. The second kappa shape index (κ2) is 15.3. The first-order valence-corrected chi connectivity index (χ1v) is 14.1. The van der Waals surface area contributed by atoms with E-state index in [1.54, 1.807) is 30.3 Å².